The molecule has 1 aliphatic heterocycles. The molecule has 0 spiro atoms. The first kappa shape index (κ1) is 15.4. The lowest BCUT2D eigenvalue weighted by atomic mass is 10.1. The SMILES string of the molecule is Cc1csc(-c2cc3ccc(N4CCNC(C)C4)cc3oc2=O)n1. The highest BCUT2D eigenvalue weighted by Gasteiger charge is 2.17. The minimum absolute atomic E-state index is 0.331. The van der Waals surface area contributed by atoms with E-state index in [0.717, 1.165) is 36.4 Å². The number of aromatic nitrogens is 1. The van der Waals surface area contributed by atoms with E-state index < -0.39 is 0 Å². The smallest absolute Gasteiger partial charge is 0.346 e. The van der Waals surface area contributed by atoms with Crippen molar-refractivity contribution in [2.24, 2.45) is 0 Å². The highest BCUT2D eigenvalue weighted by molar-refractivity contribution is 7.13. The summed E-state index contributed by atoms with van der Waals surface area (Å²) in [6.45, 7) is 6.97. The summed E-state index contributed by atoms with van der Waals surface area (Å²) >= 11 is 1.47. The fraction of sp³-hybridized carbons (Fsp3) is 0.333. The Balaban J connectivity index is 1.74. The van der Waals surface area contributed by atoms with Crippen LogP contribution >= 0.6 is 11.3 Å². The third-order valence-corrected chi connectivity index (χ3v) is 5.30. The molecule has 1 aromatic carbocycles. The van der Waals surface area contributed by atoms with Crippen molar-refractivity contribution in [2.75, 3.05) is 24.5 Å². The van der Waals surface area contributed by atoms with Gasteiger partial charge in [0.2, 0.25) is 0 Å². The first-order valence-corrected chi connectivity index (χ1v) is 8.97. The van der Waals surface area contributed by atoms with Gasteiger partial charge in [0.15, 0.2) is 0 Å². The van der Waals surface area contributed by atoms with Crippen LogP contribution in [0.1, 0.15) is 12.6 Å². The van der Waals surface area contributed by atoms with E-state index in [0.29, 0.717) is 22.2 Å². The van der Waals surface area contributed by atoms with Gasteiger partial charge in [-0.3, -0.25) is 0 Å². The Morgan fingerprint density at radius 1 is 1.38 bits per heavy atom. The molecule has 1 fully saturated rings. The third kappa shape index (κ3) is 2.83. The van der Waals surface area contributed by atoms with Crippen LogP contribution in [0.15, 0.2) is 38.9 Å². The summed E-state index contributed by atoms with van der Waals surface area (Å²) in [7, 11) is 0. The van der Waals surface area contributed by atoms with E-state index in [2.05, 4.69) is 28.2 Å². The molecule has 1 saturated heterocycles. The average Bonchev–Trinajstić information content (AvgIpc) is 3.00. The van der Waals surface area contributed by atoms with Gasteiger partial charge in [0.25, 0.3) is 0 Å². The van der Waals surface area contributed by atoms with Crippen LogP contribution < -0.4 is 15.8 Å². The number of rotatable bonds is 2. The lowest BCUT2D eigenvalue weighted by molar-refractivity contribution is 0.484. The number of fused-ring (bicyclic) bond motifs is 1. The lowest BCUT2D eigenvalue weighted by Gasteiger charge is -2.33. The van der Waals surface area contributed by atoms with Gasteiger partial charge in [0, 0.05) is 53.9 Å². The molecule has 0 radical (unpaired) electrons. The maximum Gasteiger partial charge on any atom is 0.346 e. The van der Waals surface area contributed by atoms with Crippen molar-refractivity contribution in [3.8, 4) is 10.6 Å². The fourth-order valence-electron chi connectivity index (χ4n) is 3.09. The maximum atomic E-state index is 12.4. The number of nitrogens with one attached hydrogen (secondary N) is 1. The van der Waals surface area contributed by atoms with Crippen molar-refractivity contribution in [3.63, 3.8) is 0 Å². The summed E-state index contributed by atoms with van der Waals surface area (Å²) < 4.78 is 5.58. The molecule has 0 aliphatic carbocycles. The van der Waals surface area contributed by atoms with Gasteiger partial charge in [0.05, 0.1) is 5.56 Å². The van der Waals surface area contributed by atoms with E-state index in [-0.39, 0.29) is 5.63 Å². The molecule has 0 bridgehead atoms. The second-order valence-electron chi connectivity index (χ2n) is 6.26. The number of aryl methyl sites for hydroxylation is 1. The van der Waals surface area contributed by atoms with E-state index in [1.807, 2.05) is 30.5 Å². The van der Waals surface area contributed by atoms with Crippen LogP contribution in [-0.4, -0.2) is 30.7 Å². The van der Waals surface area contributed by atoms with Crippen LogP contribution in [0.25, 0.3) is 21.5 Å². The largest absolute Gasteiger partial charge is 0.422 e. The monoisotopic (exact) mass is 341 g/mol. The van der Waals surface area contributed by atoms with Crippen molar-refractivity contribution >= 4 is 28.0 Å². The summed E-state index contributed by atoms with van der Waals surface area (Å²) in [5.41, 5.74) is 2.84. The molecule has 3 aromatic rings. The first-order chi connectivity index (χ1) is 11.6. The normalized spacial score (nSPS) is 18.2. The quantitative estimate of drug-likeness (QED) is 0.726. The number of hydrogen-bond donors (Lipinski definition) is 1. The Hall–Kier alpha value is -2.18. The van der Waals surface area contributed by atoms with Crippen LogP contribution in [0.2, 0.25) is 0 Å². The molecule has 124 valence electrons. The Bertz CT molecular complexity index is 947. The number of benzene rings is 1. The Labute approximate surface area is 143 Å². The summed E-state index contributed by atoms with van der Waals surface area (Å²) in [5, 5.41) is 7.00. The summed E-state index contributed by atoms with van der Waals surface area (Å²) in [6.07, 6.45) is 0. The first-order valence-electron chi connectivity index (χ1n) is 8.09. The molecule has 2 aromatic heterocycles. The van der Waals surface area contributed by atoms with Gasteiger partial charge in [-0.15, -0.1) is 11.3 Å². The van der Waals surface area contributed by atoms with Gasteiger partial charge >= 0.3 is 5.63 Å². The summed E-state index contributed by atoms with van der Waals surface area (Å²) in [6, 6.07) is 8.41. The van der Waals surface area contributed by atoms with Gasteiger partial charge in [-0.2, -0.15) is 0 Å². The molecule has 1 unspecified atom stereocenters. The van der Waals surface area contributed by atoms with Crippen LogP contribution in [0.5, 0.6) is 0 Å². The molecule has 1 atom stereocenters. The predicted octanol–water partition coefficient (Wildman–Crippen LogP) is 3.02. The van der Waals surface area contributed by atoms with Crippen LogP contribution in [0.4, 0.5) is 5.69 Å². The van der Waals surface area contributed by atoms with E-state index >= 15 is 0 Å². The van der Waals surface area contributed by atoms with Gasteiger partial charge in [0.1, 0.15) is 10.6 Å². The zero-order valence-corrected chi connectivity index (χ0v) is 14.5. The minimum Gasteiger partial charge on any atom is -0.422 e. The van der Waals surface area contributed by atoms with E-state index in [1.54, 1.807) is 0 Å². The lowest BCUT2D eigenvalue weighted by Crippen LogP contribution is -2.49. The molecule has 1 N–H and O–H groups in total. The highest BCUT2D eigenvalue weighted by Crippen LogP contribution is 2.27. The molecule has 3 heterocycles. The van der Waals surface area contributed by atoms with Gasteiger partial charge in [-0.25, -0.2) is 9.78 Å². The molecule has 5 nitrogen and oxygen atoms in total. The Kier molecular flexibility index (Phi) is 3.86. The van der Waals surface area contributed by atoms with E-state index in [4.69, 9.17) is 4.42 Å². The van der Waals surface area contributed by atoms with Gasteiger partial charge in [-0.05, 0) is 32.0 Å². The maximum absolute atomic E-state index is 12.4. The number of thiazole rings is 1. The predicted molar refractivity (Wildman–Crippen MR) is 98.0 cm³/mol. The van der Waals surface area contributed by atoms with Crippen LogP contribution in [-0.2, 0) is 0 Å². The second kappa shape index (κ2) is 6.03. The average molecular weight is 341 g/mol. The highest BCUT2D eigenvalue weighted by atomic mass is 32.1. The molecule has 0 saturated carbocycles. The number of hydrogen-bond acceptors (Lipinski definition) is 6. The second-order valence-corrected chi connectivity index (χ2v) is 7.12. The summed E-state index contributed by atoms with van der Waals surface area (Å²) in [5.74, 6) is 0. The number of anilines is 1. The Morgan fingerprint density at radius 2 is 2.25 bits per heavy atom. The molecule has 0 amide bonds. The molecule has 6 heteroatoms. The van der Waals surface area contributed by atoms with Crippen LogP contribution in [0.3, 0.4) is 0 Å². The number of nitrogens with zero attached hydrogens (tertiary/aromatic N) is 2. The van der Waals surface area contributed by atoms with Gasteiger partial charge < -0.3 is 14.6 Å². The van der Waals surface area contributed by atoms with E-state index in [1.165, 1.54) is 11.3 Å². The molecule has 24 heavy (non-hydrogen) atoms. The number of piperazine rings is 1. The molecular weight excluding hydrogens is 322 g/mol. The topological polar surface area (TPSA) is 58.4 Å². The van der Waals surface area contributed by atoms with Crippen molar-refractivity contribution < 1.29 is 4.42 Å². The van der Waals surface area contributed by atoms with Crippen molar-refractivity contribution in [1.29, 1.82) is 0 Å². The fourth-order valence-corrected chi connectivity index (χ4v) is 3.89. The van der Waals surface area contributed by atoms with E-state index in [9.17, 15) is 4.79 Å². The standard InChI is InChI=1S/C18H19N3O2S/c1-11-9-21(6-5-19-11)14-4-3-13-7-15(17-20-12(2)10-24-17)18(22)23-16(13)8-14/h3-4,7-8,10-11,19H,5-6,9H2,1-2H3. The van der Waals surface area contributed by atoms with Crippen molar-refractivity contribution in [3.05, 3.63) is 45.8 Å². The zero-order valence-electron chi connectivity index (χ0n) is 13.7. The molecule has 1 aliphatic rings. The van der Waals surface area contributed by atoms with Crippen molar-refractivity contribution in [2.45, 2.75) is 19.9 Å². The third-order valence-electron chi connectivity index (χ3n) is 4.30. The molecular formula is C18H19N3O2S. The molecule has 4 rings (SSSR count). The summed E-state index contributed by atoms with van der Waals surface area (Å²) in [4.78, 5) is 19.1. The van der Waals surface area contributed by atoms with Crippen LogP contribution in [0, 0.1) is 6.92 Å². The zero-order chi connectivity index (χ0) is 16.7. The van der Waals surface area contributed by atoms with Crippen molar-refractivity contribution in [1.82, 2.24) is 10.3 Å². The Morgan fingerprint density at radius 3 is 3.00 bits per heavy atom. The minimum atomic E-state index is -0.331. The van der Waals surface area contributed by atoms with Gasteiger partial charge in [-0.1, -0.05) is 0 Å².